The van der Waals surface area contributed by atoms with Gasteiger partial charge in [0.15, 0.2) is 0 Å². The first kappa shape index (κ1) is 17.1. The maximum absolute atomic E-state index is 3.48. The second-order valence-corrected chi connectivity index (χ2v) is 51.4. The minimum absolute atomic E-state index is 0.845. The Balaban J connectivity index is 0.000000265. The van der Waals surface area contributed by atoms with Gasteiger partial charge in [0, 0.05) is 0 Å². The number of hydrogen-bond acceptors (Lipinski definition) is 0. The lowest BCUT2D eigenvalue weighted by atomic mass is 10.2. The largest absolute Gasteiger partial charge is 0.275 e. The zero-order chi connectivity index (χ0) is 11.9. The molecule has 0 N–H and O–H groups in total. The lowest BCUT2D eigenvalue weighted by molar-refractivity contribution is 1.14. The van der Waals surface area contributed by atoms with E-state index in [1.165, 1.54) is 5.56 Å². The summed E-state index contributed by atoms with van der Waals surface area (Å²) in [4.78, 5) is 0. The summed E-state index contributed by atoms with van der Waals surface area (Å²) in [5.41, 5.74) is 0.565. The third kappa shape index (κ3) is 9.73. The van der Waals surface area contributed by atoms with Crippen molar-refractivity contribution in [1.82, 2.24) is 0 Å². The van der Waals surface area contributed by atoms with Gasteiger partial charge in [-0.3, -0.25) is 0 Å². The number of benzene rings is 1. The highest BCUT2D eigenvalue weighted by molar-refractivity contribution is 9.80. The van der Waals surface area contributed by atoms with Gasteiger partial charge in [0.1, 0.15) is 0 Å². The summed E-state index contributed by atoms with van der Waals surface area (Å²) in [6.07, 6.45) is 1.14. The van der Waals surface area contributed by atoms with E-state index >= 15 is 0 Å². The van der Waals surface area contributed by atoms with E-state index in [1.807, 2.05) is 6.07 Å². The maximum atomic E-state index is 3.48. The van der Waals surface area contributed by atoms with Crippen LogP contribution < -0.4 is 0 Å². The Bertz CT molecular complexity index is 259. The van der Waals surface area contributed by atoms with Crippen LogP contribution in [-0.4, -0.2) is 9.00 Å². The van der Waals surface area contributed by atoms with Crippen LogP contribution in [0.15, 0.2) is 30.3 Å². The van der Waals surface area contributed by atoms with Crippen LogP contribution in [0.5, 0.6) is 0 Å². The van der Waals surface area contributed by atoms with Gasteiger partial charge in [0.05, 0.1) is 0 Å². The van der Waals surface area contributed by atoms with Crippen molar-refractivity contribution in [1.29, 1.82) is 0 Å². The second kappa shape index (κ2) is 9.05. The molecule has 0 heterocycles. The van der Waals surface area contributed by atoms with Crippen molar-refractivity contribution in [3.05, 3.63) is 35.9 Å². The molecule has 0 amide bonds. The predicted octanol–water partition coefficient (Wildman–Crippen LogP) is 5.45. The molecule has 15 heavy (non-hydrogen) atoms. The van der Waals surface area contributed by atoms with Crippen molar-refractivity contribution < 1.29 is 0 Å². The number of halogens is 5. The van der Waals surface area contributed by atoms with Crippen LogP contribution in [-0.2, 0) is 6.42 Å². The third-order valence-electron chi connectivity index (χ3n) is 1.50. The number of hydrogen-bond donors (Lipinski definition) is 0. The Hall–Kier alpha value is 2.05. The molecule has 0 atom stereocenters. The molecule has 1 rings (SSSR count). The van der Waals surface area contributed by atoms with Gasteiger partial charge < -0.3 is 0 Å². The second-order valence-electron chi connectivity index (χ2n) is 2.68. The first-order valence-electron chi connectivity index (χ1n) is 4.26. The van der Waals surface area contributed by atoms with E-state index in [-0.39, 0.29) is 0 Å². The molecule has 7 heteroatoms. The zero-order valence-electron chi connectivity index (χ0n) is 8.06. The molecular weight excluding hydrogens is 552 g/mol. The van der Waals surface area contributed by atoms with Crippen molar-refractivity contribution in [3.8, 4) is 0 Å². The van der Waals surface area contributed by atoms with E-state index in [1.54, 1.807) is 0 Å². The summed E-state index contributed by atoms with van der Waals surface area (Å²) in [6.45, 7) is 2.16. The molecule has 86 valence electrons. The maximum Gasteiger partial charge on any atom is 0.275 e. The highest BCUT2D eigenvalue weighted by atomic mass is 80.0. The molecule has 1 aromatic rings. The van der Waals surface area contributed by atoms with Crippen molar-refractivity contribution >= 4 is 85.5 Å². The SMILES string of the molecule is Br[SiH](Br)[Si](Br)(Br)Br.CCc1ccccc1. The molecule has 1 aromatic carbocycles. The monoisotopic (exact) mass is 558 g/mol. The molecule has 0 aliphatic heterocycles. The van der Waals surface area contributed by atoms with Crippen LogP contribution in [0.4, 0.5) is 0 Å². The topological polar surface area (TPSA) is 0 Å². The smallest absolute Gasteiger partial charge is 0.116 e. The predicted molar refractivity (Wildman–Crippen MR) is 93.4 cm³/mol. The van der Waals surface area contributed by atoms with Crippen LogP contribution >= 0.6 is 76.5 Å². The third-order valence-corrected chi connectivity index (χ3v) is 61.4. The summed E-state index contributed by atoms with van der Waals surface area (Å²) in [5, 5.41) is 0. The fraction of sp³-hybridized carbons (Fsp3) is 0.250. The minimum Gasteiger partial charge on any atom is -0.116 e. The van der Waals surface area contributed by atoms with Crippen LogP contribution in [0.2, 0.25) is 0 Å². The fourth-order valence-corrected chi connectivity index (χ4v) is 0.714. The van der Waals surface area contributed by atoms with Crippen LogP contribution in [0.25, 0.3) is 0 Å². The summed E-state index contributed by atoms with van der Waals surface area (Å²) >= 11 is 17.4. The van der Waals surface area contributed by atoms with E-state index in [9.17, 15) is 0 Å². The Morgan fingerprint density at radius 1 is 1.07 bits per heavy atom. The van der Waals surface area contributed by atoms with E-state index in [2.05, 4.69) is 108 Å². The Morgan fingerprint density at radius 2 is 1.47 bits per heavy atom. The van der Waals surface area contributed by atoms with Crippen molar-refractivity contribution in [2.45, 2.75) is 13.3 Å². The summed E-state index contributed by atoms with van der Waals surface area (Å²) in [5.74, 6) is 0. The molecule has 0 aliphatic rings. The fourth-order valence-electron chi connectivity index (χ4n) is 0.714. The van der Waals surface area contributed by atoms with E-state index < -0.39 is 9.00 Å². The van der Waals surface area contributed by atoms with Crippen molar-refractivity contribution in [3.63, 3.8) is 0 Å². The van der Waals surface area contributed by atoms with Gasteiger partial charge in [-0.25, -0.2) is 0 Å². The average Bonchev–Trinajstić information content (AvgIpc) is 2.18. The molecule has 0 spiro atoms. The first-order chi connectivity index (χ1) is 6.88. The summed E-state index contributed by atoms with van der Waals surface area (Å²) in [7, 11) is 0. The summed E-state index contributed by atoms with van der Waals surface area (Å²) < 4.78 is -1.32. The molecule has 0 aromatic heterocycles. The Labute approximate surface area is 133 Å². The van der Waals surface area contributed by atoms with Gasteiger partial charge in [-0.05, 0) is 12.0 Å². The van der Waals surface area contributed by atoms with Crippen LogP contribution in [0.1, 0.15) is 12.5 Å². The lowest BCUT2D eigenvalue weighted by Gasteiger charge is -2.06. The van der Waals surface area contributed by atoms with Crippen LogP contribution in [0.3, 0.4) is 0 Å². The van der Waals surface area contributed by atoms with Gasteiger partial charge >= 0.3 is 0 Å². The number of aryl methyl sites for hydroxylation is 1. The molecule has 0 nitrogen and oxygen atoms in total. The van der Waals surface area contributed by atoms with Gasteiger partial charge in [-0.15, -0.1) is 30.6 Å². The molecule has 0 saturated heterocycles. The van der Waals surface area contributed by atoms with Gasteiger partial charge in [0.25, 0.3) is 3.45 Å². The molecule has 0 saturated carbocycles. The molecule has 0 aliphatic carbocycles. The van der Waals surface area contributed by atoms with Crippen molar-refractivity contribution in [2.75, 3.05) is 0 Å². The Morgan fingerprint density at radius 3 is 1.67 bits per heavy atom. The van der Waals surface area contributed by atoms with E-state index in [4.69, 9.17) is 0 Å². The highest BCUT2D eigenvalue weighted by Gasteiger charge is 2.31. The highest BCUT2D eigenvalue weighted by Crippen LogP contribution is 2.35. The van der Waals surface area contributed by atoms with Crippen LogP contribution in [0, 0.1) is 0 Å². The average molecular weight is 563 g/mol. The minimum atomic E-state index is -1.32. The van der Waals surface area contributed by atoms with Gasteiger partial charge in [-0.2, -0.15) is 0 Å². The van der Waals surface area contributed by atoms with E-state index in [0.29, 0.717) is 0 Å². The van der Waals surface area contributed by atoms with Gasteiger partial charge in [0.2, 0.25) is 5.55 Å². The number of rotatable bonds is 2. The zero-order valence-corrected chi connectivity index (χ0v) is 18.1. The first-order valence-corrected chi connectivity index (χ1v) is 21.2. The van der Waals surface area contributed by atoms with E-state index in [0.717, 1.165) is 6.42 Å². The lowest BCUT2D eigenvalue weighted by Crippen LogP contribution is -2.21. The quantitative estimate of drug-likeness (QED) is 0.332. The Kier molecular flexibility index (Phi) is 10.3. The molecule has 0 bridgehead atoms. The normalized spacial score (nSPS) is 10.9. The molecule has 0 unspecified atom stereocenters. The molecule has 0 radical (unpaired) electrons. The summed E-state index contributed by atoms with van der Waals surface area (Å²) in [6, 6.07) is 10.5. The van der Waals surface area contributed by atoms with Crippen molar-refractivity contribution in [2.24, 2.45) is 0 Å². The molecule has 0 fully saturated rings. The van der Waals surface area contributed by atoms with Gasteiger partial charge in [-0.1, -0.05) is 83.1 Å². The molecular formula is C8H11Br5Si2. The standard InChI is InChI=1S/C8H10.Br5HSi2/c1-2-8-6-4-3-5-7-8;1-6(2)7(3,4)5/h3-7H,2H2,1H3;6H.